The maximum atomic E-state index is 2.52. The molecule has 3 heterocycles. The molecule has 48 heavy (non-hydrogen) atoms. The standard InChI is InChI=1S/C45H35N3/c1-45(2)37-18-8-12-22-41(37)46(42-23-13-9-19-38(42)45)31-24-26-32(27-25-31)48-40-21-11-7-17-34(40)36-29-28-35-33-16-6-10-20-39(33)47(43(35)44(36)48)30-14-4-3-5-15-30/h3-6,8-16,18-29H,7,17H2,1-2H3. The lowest BCUT2D eigenvalue weighted by atomic mass is 9.73. The first-order valence-corrected chi connectivity index (χ1v) is 17.0. The molecule has 0 radical (unpaired) electrons. The van der Waals surface area contributed by atoms with E-state index >= 15 is 0 Å². The van der Waals surface area contributed by atoms with Crippen molar-refractivity contribution in [2.45, 2.75) is 32.1 Å². The lowest BCUT2D eigenvalue weighted by molar-refractivity contribution is 0.632. The van der Waals surface area contributed by atoms with E-state index in [1.165, 1.54) is 83.5 Å². The van der Waals surface area contributed by atoms with Crippen LogP contribution in [0.1, 0.15) is 42.7 Å². The number of allylic oxidation sites excluding steroid dienone is 1. The van der Waals surface area contributed by atoms with Crippen molar-refractivity contribution in [3.63, 3.8) is 0 Å². The number of nitrogens with zero attached hydrogens (tertiary/aromatic N) is 3. The van der Waals surface area contributed by atoms with Gasteiger partial charge in [-0.15, -0.1) is 0 Å². The fourth-order valence-corrected chi connectivity index (χ4v) is 8.58. The summed E-state index contributed by atoms with van der Waals surface area (Å²) in [5.74, 6) is 0. The summed E-state index contributed by atoms with van der Waals surface area (Å²) in [6, 6.07) is 51.4. The minimum absolute atomic E-state index is 0.0817. The van der Waals surface area contributed by atoms with Gasteiger partial charge in [-0.05, 0) is 90.2 Å². The van der Waals surface area contributed by atoms with Crippen molar-refractivity contribution in [1.82, 2.24) is 9.13 Å². The summed E-state index contributed by atoms with van der Waals surface area (Å²) in [5, 5.41) is 3.90. The Morgan fingerprint density at radius 1 is 0.500 bits per heavy atom. The molecule has 0 N–H and O–H groups in total. The Labute approximate surface area is 280 Å². The molecule has 6 aromatic carbocycles. The van der Waals surface area contributed by atoms with Crippen LogP contribution in [0.15, 0.2) is 146 Å². The Bertz CT molecular complexity index is 2530. The first kappa shape index (κ1) is 27.3. The monoisotopic (exact) mass is 617 g/mol. The number of aryl methyl sites for hydroxylation is 1. The lowest BCUT2D eigenvalue weighted by Gasteiger charge is -2.42. The number of aromatic nitrogens is 2. The van der Waals surface area contributed by atoms with Crippen LogP contribution in [0, 0.1) is 0 Å². The summed E-state index contributed by atoms with van der Waals surface area (Å²) in [5.41, 5.74) is 15.1. The summed E-state index contributed by atoms with van der Waals surface area (Å²) in [6.07, 6.45) is 6.78. The second kappa shape index (κ2) is 10.1. The molecule has 1 aliphatic heterocycles. The van der Waals surface area contributed by atoms with Crippen LogP contribution >= 0.6 is 0 Å². The van der Waals surface area contributed by atoms with Crippen molar-refractivity contribution in [2.24, 2.45) is 0 Å². The maximum absolute atomic E-state index is 2.52. The van der Waals surface area contributed by atoms with Gasteiger partial charge in [0.15, 0.2) is 0 Å². The fraction of sp³-hybridized carbons (Fsp3) is 0.111. The number of hydrogen-bond acceptors (Lipinski definition) is 1. The molecule has 230 valence electrons. The van der Waals surface area contributed by atoms with Crippen LogP contribution in [0.25, 0.3) is 50.2 Å². The third-order valence-electron chi connectivity index (χ3n) is 10.8. The summed E-state index contributed by atoms with van der Waals surface area (Å²) in [4.78, 5) is 2.44. The summed E-state index contributed by atoms with van der Waals surface area (Å²) < 4.78 is 4.99. The molecule has 8 aromatic rings. The normalized spacial score (nSPS) is 14.8. The highest BCUT2D eigenvalue weighted by Crippen LogP contribution is 2.52. The van der Waals surface area contributed by atoms with Crippen molar-refractivity contribution in [3.8, 4) is 11.4 Å². The van der Waals surface area contributed by atoms with Crippen LogP contribution in [0.3, 0.4) is 0 Å². The van der Waals surface area contributed by atoms with Gasteiger partial charge in [-0.1, -0.05) is 105 Å². The van der Waals surface area contributed by atoms with Crippen LogP contribution in [-0.4, -0.2) is 9.13 Å². The third kappa shape index (κ3) is 3.70. The number of hydrogen-bond donors (Lipinski definition) is 0. The van der Waals surface area contributed by atoms with Crippen LogP contribution < -0.4 is 4.90 Å². The average molecular weight is 618 g/mol. The number of fused-ring (bicyclic) bond motifs is 9. The minimum Gasteiger partial charge on any atom is -0.310 e. The Morgan fingerprint density at radius 3 is 1.83 bits per heavy atom. The lowest BCUT2D eigenvalue weighted by Crippen LogP contribution is -2.30. The molecule has 0 atom stereocenters. The van der Waals surface area contributed by atoms with Gasteiger partial charge in [-0.25, -0.2) is 0 Å². The Balaban J connectivity index is 1.23. The quantitative estimate of drug-likeness (QED) is 0.192. The van der Waals surface area contributed by atoms with Gasteiger partial charge in [-0.2, -0.15) is 0 Å². The molecule has 0 fully saturated rings. The first-order chi connectivity index (χ1) is 23.6. The van der Waals surface area contributed by atoms with Crippen molar-refractivity contribution in [2.75, 3.05) is 4.90 Å². The maximum Gasteiger partial charge on any atom is 0.0788 e. The van der Waals surface area contributed by atoms with E-state index in [0.717, 1.165) is 12.8 Å². The topological polar surface area (TPSA) is 13.1 Å². The van der Waals surface area contributed by atoms with Crippen molar-refractivity contribution in [3.05, 3.63) is 168 Å². The number of benzene rings is 6. The zero-order chi connectivity index (χ0) is 32.0. The fourth-order valence-electron chi connectivity index (χ4n) is 8.58. The average Bonchev–Trinajstić information content (AvgIpc) is 3.66. The molecule has 3 nitrogen and oxygen atoms in total. The van der Waals surface area contributed by atoms with Crippen molar-refractivity contribution < 1.29 is 0 Å². The van der Waals surface area contributed by atoms with E-state index in [0.29, 0.717) is 0 Å². The van der Waals surface area contributed by atoms with E-state index < -0.39 is 0 Å². The van der Waals surface area contributed by atoms with Gasteiger partial charge in [0.1, 0.15) is 0 Å². The Hall–Kier alpha value is -5.80. The second-order valence-corrected chi connectivity index (χ2v) is 13.7. The summed E-state index contributed by atoms with van der Waals surface area (Å²) in [6.45, 7) is 4.68. The van der Waals surface area contributed by atoms with E-state index in [4.69, 9.17) is 0 Å². The van der Waals surface area contributed by atoms with Gasteiger partial charge in [0.25, 0.3) is 0 Å². The van der Waals surface area contributed by atoms with Gasteiger partial charge < -0.3 is 14.0 Å². The SMILES string of the molecule is CC1(C)c2ccccc2N(c2ccc(-n3c4c(c5ccc6c7ccccc7n(-c7ccccc7)c6c53)CCC=C4)cc2)c2ccccc21. The molecular weight excluding hydrogens is 583 g/mol. The summed E-state index contributed by atoms with van der Waals surface area (Å²) >= 11 is 0. The molecule has 0 spiro atoms. The van der Waals surface area contributed by atoms with Crippen LogP contribution in [0.4, 0.5) is 17.1 Å². The number of rotatable bonds is 3. The molecule has 2 aliphatic rings. The highest BCUT2D eigenvalue weighted by atomic mass is 15.2. The Morgan fingerprint density at radius 2 is 1.08 bits per heavy atom. The predicted octanol–water partition coefficient (Wildman–Crippen LogP) is 11.8. The third-order valence-corrected chi connectivity index (χ3v) is 10.8. The molecule has 0 saturated heterocycles. The molecule has 10 rings (SSSR count). The molecule has 0 saturated carbocycles. The zero-order valence-corrected chi connectivity index (χ0v) is 27.2. The highest BCUT2D eigenvalue weighted by molar-refractivity contribution is 6.19. The van der Waals surface area contributed by atoms with Crippen molar-refractivity contribution in [1.29, 1.82) is 0 Å². The van der Waals surface area contributed by atoms with Gasteiger partial charge in [0, 0.05) is 44.3 Å². The number of para-hydroxylation sites is 4. The van der Waals surface area contributed by atoms with E-state index in [1.54, 1.807) is 0 Å². The molecule has 2 aromatic heterocycles. The van der Waals surface area contributed by atoms with Gasteiger partial charge in [0.05, 0.1) is 27.9 Å². The van der Waals surface area contributed by atoms with Gasteiger partial charge in [0.2, 0.25) is 0 Å². The van der Waals surface area contributed by atoms with E-state index in [-0.39, 0.29) is 5.41 Å². The van der Waals surface area contributed by atoms with Gasteiger partial charge >= 0.3 is 0 Å². The summed E-state index contributed by atoms with van der Waals surface area (Å²) in [7, 11) is 0. The van der Waals surface area contributed by atoms with E-state index in [2.05, 4.69) is 180 Å². The first-order valence-electron chi connectivity index (χ1n) is 17.0. The smallest absolute Gasteiger partial charge is 0.0788 e. The highest BCUT2D eigenvalue weighted by Gasteiger charge is 2.36. The van der Waals surface area contributed by atoms with Crippen LogP contribution in [0.5, 0.6) is 0 Å². The zero-order valence-electron chi connectivity index (χ0n) is 27.2. The molecule has 1 aliphatic carbocycles. The van der Waals surface area contributed by atoms with Crippen LogP contribution in [0.2, 0.25) is 0 Å². The molecule has 0 bridgehead atoms. The molecule has 0 unspecified atom stereocenters. The largest absolute Gasteiger partial charge is 0.310 e. The van der Waals surface area contributed by atoms with E-state index in [1.807, 2.05) is 0 Å². The Kier molecular flexibility index (Phi) is 5.75. The van der Waals surface area contributed by atoms with E-state index in [9.17, 15) is 0 Å². The second-order valence-electron chi connectivity index (χ2n) is 13.7. The van der Waals surface area contributed by atoms with Crippen LogP contribution in [-0.2, 0) is 11.8 Å². The predicted molar refractivity (Wildman–Crippen MR) is 202 cm³/mol. The molecule has 0 amide bonds. The molecule has 3 heteroatoms. The van der Waals surface area contributed by atoms with Crippen molar-refractivity contribution >= 4 is 55.8 Å². The minimum atomic E-state index is -0.0817. The molecular formula is C45H35N3. The van der Waals surface area contributed by atoms with Gasteiger partial charge in [-0.3, -0.25) is 0 Å². The number of anilines is 3.